The van der Waals surface area contributed by atoms with E-state index in [1.807, 2.05) is 0 Å². The summed E-state index contributed by atoms with van der Waals surface area (Å²) in [5.41, 5.74) is 0. The number of rotatable bonds is 1. The molecule has 11 heavy (non-hydrogen) atoms. The Bertz CT molecular complexity index is 132. The molecule has 1 atom stereocenters. The summed E-state index contributed by atoms with van der Waals surface area (Å²) in [6, 6.07) is 0.930. The van der Waals surface area contributed by atoms with Crippen LogP contribution in [0.5, 0.6) is 0 Å². The third kappa shape index (κ3) is 1.62. The summed E-state index contributed by atoms with van der Waals surface area (Å²) in [7, 11) is 0. The summed E-state index contributed by atoms with van der Waals surface area (Å²) in [5.74, 6) is 0. The van der Waals surface area contributed by atoms with Crippen LogP contribution in [0.1, 0.15) is 38.5 Å². The van der Waals surface area contributed by atoms with E-state index in [2.05, 4.69) is 20.8 Å². The lowest BCUT2D eigenvalue weighted by Crippen LogP contribution is -2.46. The molecule has 1 aliphatic heterocycles. The van der Waals surface area contributed by atoms with Crippen LogP contribution in [-0.4, -0.2) is 22.4 Å². The molecule has 1 aliphatic carbocycles. The number of alkyl halides is 1. The molecule has 1 nitrogen and oxygen atoms in total. The molecule has 0 aromatic heterocycles. The zero-order chi connectivity index (χ0) is 7.68. The fourth-order valence-corrected chi connectivity index (χ4v) is 2.91. The Hall–Kier alpha value is 0.440. The lowest BCUT2D eigenvalue weighted by atomic mass is 9.90. The Morgan fingerprint density at radius 1 is 1.00 bits per heavy atom. The summed E-state index contributed by atoms with van der Waals surface area (Å²) >= 11 is 3.76. The maximum absolute atomic E-state index is 3.76. The molecule has 1 unspecified atom stereocenters. The Labute approximate surface area is 77.3 Å². The average molecular weight is 218 g/mol. The molecule has 0 spiro atoms. The van der Waals surface area contributed by atoms with E-state index in [0.717, 1.165) is 6.04 Å². The smallest absolute Gasteiger partial charge is 0.0658 e. The molecule has 0 bridgehead atoms. The molecule has 0 radical (unpaired) electrons. The van der Waals surface area contributed by atoms with Gasteiger partial charge in [-0.2, -0.15) is 0 Å². The van der Waals surface area contributed by atoms with Crippen LogP contribution in [0.2, 0.25) is 0 Å². The van der Waals surface area contributed by atoms with E-state index >= 15 is 0 Å². The van der Waals surface area contributed by atoms with Crippen LogP contribution in [0.25, 0.3) is 0 Å². The first-order valence-corrected chi connectivity index (χ1v) is 5.69. The molecular weight excluding hydrogens is 202 g/mol. The predicted octanol–water partition coefficient (Wildman–Crippen LogP) is 2.75. The second-order valence-electron chi connectivity index (χ2n) is 3.75. The van der Waals surface area contributed by atoms with Gasteiger partial charge < -0.3 is 0 Å². The number of halogens is 1. The van der Waals surface area contributed by atoms with Gasteiger partial charge in [0.25, 0.3) is 0 Å². The summed E-state index contributed by atoms with van der Waals surface area (Å²) in [6.45, 7) is 1.33. The minimum absolute atomic E-state index is 0.696. The first kappa shape index (κ1) is 8.06. The van der Waals surface area contributed by atoms with Crippen LogP contribution in [0.3, 0.4) is 0 Å². The topological polar surface area (TPSA) is 3.24 Å². The van der Waals surface area contributed by atoms with E-state index in [4.69, 9.17) is 0 Å². The summed E-state index contributed by atoms with van der Waals surface area (Å²) in [4.78, 5) is 3.36. The van der Waals surface area contributed by atoms with E-state index in [9.17, 15) is 0 Å². The van der Waals surface area contributed by atoms with Crippen molar-refractivity contribution >= 4 is 15.9 Å². The van der Waals surface area contributed by atoms with Crippen molar-refractivity contribution < 1.29 is 0 Å². The van der Waals surface area contributed by atoms with E-state index in [1.165, 1.54) is 45.1 Å². The van der Waals surface area contributed by atoms with Crippen LogP contribution in [0, 0.1) is 0 Å². The van der Waals surface area contributed by atoms with Crippen molar-refractivity contribution in [3.8, 4) is 0 Å². The molecule has 1 saturated carbocycles. The van der Waals surface area contributed by atoms with Crippen molar-refractivity contribution in [3.63, 3.8) is 0 Å². The van der Waals surface area contributed by atoms with Gasteiger partial charge >= 0.3 is 0 Å². The first-order valence-electron chi connectivity index (χ1n) is 4.78. The highest BCUT2D eigenvalue weighted by Gasteiger charge is 2.30. The maximum Gasteiger partial charge on any atom is 0.0658 e. The number of piperidine rings is 1. The highest BCUT2D eigenvalue weighted by atomic mass is 79.9. The standard InChI is InChI=1S/C9H16BrN/c10-9-6-1-2-7-11(9)8-4-3-5-8/h8-9H,1-7H2. The van der Waals surface area contributed by atoms with Gasteiger partial charge in [-0.1, -0.05) is 22.4 Å². The van der Waals surface area contributed by atoms with Crippen LogP contribution in [0.4, 0.5) is 0 Å². The van der Waals surface area contributed by atoms with E-state index in [-0.39, 0.29) is 0 Å². The predicted molar refractivity (Wildman–Crippen MR) is 50.9 cm³/mol. The molecule has 64 valence electrons. The zero-order valence-electron chi connectivity index (χ0n) is 6.93. The third-order valence-corrected chi connectivity index (χ3v) is 4.00. The van der Waals surface area contributed by atoms with E-state index in [1.54, 1.807) is 0 Å². The molecule has 0 aromatic rings. The molecule has 0 amide bonds. The van der Waals surface area contributed by atoms with Crippen molar-refractivity contribution in [2.45, 2.75) is 49.5 Å². The van der Waals surface area contributed by atoms with E-state index < -0.39 is 0 Å². The third-order valence-electron chi connectivity index (χ3n) is 3.01. The molecule has 2 fully saturated rings. The van der Waals surface area contributed by atoms with Gasteiger partial charge in [-0.3, -0.25) is 4.90 Å². The molecule has 0 N–H and O–H groups in total. The molecule has 1 saturated heterocycles. The molecule has 2 aliphatic rings. The van der Waals surface area contributed by atoms with Gasteiger partial charge in [0.2, 0.25) is 0 Å². The summed E-state index contributed by atoms with van der Waals surface area (Å²) in [6.07, 6.45) is 8.54. The summed E-state index contributed by atoms with van der Waals surface area (Å²) in [5, 5.41) is 0. The quantitative estimate of drug-likeness (QED) is 0.483. The minimum atomic E-state index is 0.696. The van der Waals surface area contributed by atoms with Crippen LogP contribution in [0.15, 0.2) is 0 Å². The molecule has 2 heteroatoms. The lowest BCUT2D eigenvalue weighted by molar-refractivity contribution is 0.0928. The van der Waals surface area contributed by atoms with Gasteiger partial charge in [-0.05, 0) is 38.6 Å². The maximum atomic E-state index is 3.76. The Morgan fingerprint density at radius 3 is 2.36 bits per heavy atom. The van der Waals surface area contributed by atoms with Crippen LogP contribution in [-0.2, 0) is 0 Å². The van der Waals surface area contributed by atoms with Gasteiger partial charge in [0.15, 0.2) is 0 Å². The zero-order valence-corrected chi connectivity index (χ0v) is 8.52. The van der Waals surface area contributed by atoms with Crippen LogP contribution < -0.4 is 0 Å². The average Bonchev–Trinajstić information content (AvgIpc) is 1.90. The van der Waals surface area contributed by atoms with Crippen molar-refractivity contribution in [2.75, 3.05) is 6.54 Å². The normalized spacial score (nSPS) is 35.2. The fourth-order valence-electron chi connectivity index (χ4n) is 2.04. The monoisotopic (exact) mass is 217 g/mol. The minimum Gasteiger partial charge on any atom is -0.288 e. The van der Waals surface area contributed by atoms with Crippen LogP contribution >= 0.6 is 15.9 Å². The fraction of sp³-hybridized carbons (Fsp3) is 1.00. The lowest BCUT2D eigenvalue weighted by Gasteiger charge is -2.42. The number of hydrogen-bond donors (Lipinski definition) is 0. The van der Waals surface area contributed by atoms with Gasteiger partial charge in [0, 0.05) is 6.04 Å². The first-order chi connectivity index (χ1) is 5.38. The number of likely N-dealkylation sites (tertiary alicyclic amines) is 1. The highest BCUT2D eigenvalue weighted by Crippen LogP contribution is 2.32. The SMILES string of the molecule is BrC1CCCCN1C1CCC1. The Morgan fingerprint density at radius 2 is 1.82 bits per heavy atom. The summed E-state index contributed by atoms with van der Waals surface area (Å²) < 4.78 is 0. The van der Waals surface area contributed by atoms with Gasteiger partial charge in [-0.25, -0.2) is 0 Å². The molecular formula is C9H16BrN. The Kier molecular flexibility index (Phi) is 2.52. The van der Waals surface area contributed by atoms with Gasteiger partial charge in [0.05, 0.1) is 4.95 Å². The molecule has 0 aromatic carbocycles. The van der Waals surface area contributed by atoms with Gasteiger partial charge in [0.1, 0.15) is 0 Å². The second kappa shape index (κ2) is 3.44. The van der Waals surface area contributed by atoms with Crippen molar-refractivity contribution in [1.82, 2.24) is 4.90 Å². The molecule has 1 heterocycles. The highest BCUT2D eigenvalue weighted by molar-refractivity contribution is 9.09. The Balaban J connectivity index is 1.88. The second-order valence-corrected chi connectivity index (χ2v) is 4.81. The largest absolute Gasteiger partial charge is 0.288 e. The van der Waals surface area contributed by atoms with Crippen molar-refractivity contribution in [3.05, 3.63) is 0 Å². The number of nitrogens with zero attached hydrogens (tertiary/aromatic N) is 1. The van der Waals surface area contributed by atoms with Crippen molar-refractivity contribution in [2.24, 2.45) is 0 Å². The van der Waals surface area contributed by atoms with E-state index in [0.29, 0.717) is 4.95 Å². The number of hydrogen-bond acceptors (Lipinski definition) is 1. The molecule has 2 rings (SSSR count). The van der Waals surface area contributed by atoms with Crippen molar-refractivity contribution in [1.29, 1.82) is 0 Å². The van der Waals surface area contributed by atoms with Gasteiger partial charge in [-0.15, -0.1) is 0 Å².